The number of rotatable bonds is 5. The Morgan fingerprint density at radius 2 is 1.96 bits per heavy atom. The van der Waals surface area contributed by atoms with Crippen molar-refractivity contribution in [2.45, 2.75) is 19.3 Å². The zero-order valence-corrected chi connectivity index (χ0v) is 15.7. The fraction of sp³-hybridized carbons (Fsp3) is 0.300. The number of carbonyl (C=O) groups is 1. The molecule has 8 heteroatoms. The number of aromatic nitrogens is 4. The van der Waals surface area contributed by atoms with E-state index in [1.165, 1.54) is 12.7 Å². The van der Waals surface area contributed by atoms with E-state index in [0.29, 0.717) is 22.8 Å². The molecule has 3 aromatic rings. The van der Waals surface area contributed by atoms with Gasteiger partial charge >= 0.3 is 0 Å². The molecule has 144 valence electrons. The van der Waals surface area contributed by atoms with Gasteiger partial charge in [-0.25, -0.2) is 14.6 Å². The Morgan fingerprint density at radius 1 is 1.14 bits per heavy atom. The van der Waals surface area contributed by atoms with Crippen LogP contribution in [-0.4, -0.2) is 45.9 Å². The quantitative estimate of drug-likeness (QED) is 0.735. The molecule has 28 heavy (non-hydrogen) atoms. The van der Waals surface area contributed by atoms with Crippen molar-refractivity contribution in [3.63, 3.8) is 0 Å². The standard InChI is InChI=1S/C20H22N6O2/c1-28-18-8-4-3-7-16(18)20(27)24-15-11-23-26(13-15)19-17(12-21-14-22-19)25-9-5-2-6-10-25/h3-4,7-8,11-14H,2,5-6,9-10H2,1H3,(H,24,27). The van der Waals surface area contributed by atoms with Gasteiger partial charge in [-0.2, -0.15) is 5.10 Å². The number of nitrogens with one attached hydrogen (secondary N) is 1. The summed E-state index contributed by atoms with van der Waals surface area (Å²) >= 11 is 0. The Bertz CT molecular complexity index is 965. The summed E-state index contributed by atoms with van der Waals surface area (Å²) < 4.78 is 6.93. The third-order valence-corrected chi connectivity index (χ3v) is 4.78. The van der Waals surface area contributed by atoms with Gasteiger partial charge in [0, 0.05) is 13.1 Å². The Kier molecular flexibility index (Phi) is 5.18. The topological polar surface area (TPSA) is 85.2 Å². The molecule has 1 N–H and O–H groups in total. The van der Waals surface area contributed by atoms with Gasteiger partial charge in [-0.3, -0.25) is 4.79 Å². The van der Waals surface area contributed by atoms with Gasteiger partial charge < -0.3 is 15.0 Å². The van der Waals surface area contributed by atoms with Gasteiger partial charge in [0.25, 0.3) is 5.91 Å². The minimum Gasteiger partial charge on any atom is -0.496 e. The molecule has 1 saturated heterocycles. The van der Waals surface area contributed by atoms with E-state index in [-0.39, 0.29) is 5.91 Å². The van der Waals surface area contributed by atoms with Crippen LogP contribution in [0.15, 0.2) is 49.2 Å². The lowest BCUT2D eigenvalue weighted by molar-refractivity contribution is 0.102. The second kappa shape index (κ2) is 8.08. The number of piperidine rings is 1. The van der Waals surface area contributed by atoms with Crippen molar-refractivity contribution in [1.82, 2.24) is 19.7 Å². The molecule has 1 aromatic carbocycles. The van der Waals surface area contributed by atoms with Gasteiger partial charge in [-0.15, -0.1) is 0 Å². The van der Waals surface area contributed by atoms with E-state index in [9.17, 15) is 4.79 Å². The van der Waals surface area contributed by atoms with E-state index < -0.39 is 0 Å². The lowest BCUT2D eigenvalue weighted by Gasteiger charge is -2.29. The summed E-state index contributed by atoms with van der Waals surface area (Å²) in [5.41, 5.74) is 2.00. The summed E-state index contributed by atoms with van der Waals surface area (Å²) in [5.74, 6) is 0.973. The van der Waals surface area contributed by atoms with Crippen LogP contribution in [0, 0.1) is 0 Å². The van der Waals surface area contributed by atoms with Crippen molar-refractivity contribution in [2.24, 2.45) is 0 Å². The molecule has 1 aliphatic heterocycles. The van der Waals surface area contributed by atoms with Crippen molar-refractivity contribution in [3.8, 4) is 11.6 Å². The average molecular weight is 378 g/mol. The maximum Gasteiger partial charge on any atom is 0.259 e. The third kappa shape index (κ3) is 3.66. The minimum absolute atomic E-state index is 0.254. The van der Waals surface area contributed by atoms with Gasteiger partial charge in [0.15, 0.2) is 5.82 Å². The number of carbonyl (C=O) groups excluding carboxylic acids is 1. The first kappa shape index (κ1) is 18.0. The van der Waals surface area contributed by atoms with Crippen LogP contribution in [0.5, 0.6) is 5.75 Å². The van der Waals surface area contributed by atoms with E-state index in [1.807, 2.05) is 12.3 Å². The minimum atomic E-state index is -0.254. The Hall–Kier alpha value is -3.42. The number of hydrogen-bond donors (Lipinski definition) is 1. The zero-order chi connectivity index (χ0) is 19.3. The molecule has 2 aromatic heterocycles. The second-order valence-electron chi connectivity index (χ2n) is 6.61. The molecule has 0 saturated carbocycles. The molecule has 0 bridgehead atoms. The lowest BCUT2D eigenvalue weighted by Crippen LogP contribution is -2.30. The second-order valence-corrected chi connectivity index (χ2v) is 6.61. The first-order chi connectivity index (χ1) is 13.8. The number of para-hydroxylation sites is 1. The van der Waals surface area contributed by atoms with Gasteiger partial charge in [-0.05, 0) is 31.4 Å². The van der Waals surface area contributed by atoms with Crippen LogP contribution >= 0.6 is 0 Å². The van der Waals surface area contributed by atoms with Gasteiger partial charge in [-0.1, -0.05) is 12.1 Å². The van der Waals surface area contributed by atoms with E-state index in [1.54, 1.807) is 42.4 Å². The van der Waals surface area contributed by atoms with E-state index in [4.69, 9.17) is 4.74 Å². The van der Waals surface area contributed by atoms with Crippen LogP contribution in [0.2, 0.25) is 0 Å². The molecular formula is C20H22N6O2. The first-order valence-corrected chi connectivity index (χ1v) is 9.30. The molecule has 0 unspecified atom stereocenters. The maximum atomic E-state index is 12.6. The molecule has 0 atom stereocenters. The monoisotopic (exact) mass is 378 g/mol. The smallest absolute Gasteiger partial charge is 0.259 e. The first-order valence-electron chi connectivity index (χ1n) is 9.30. The van der Waals surface area contributed by atoms with Crippen LogP contribution in [0.1, 0.15) is 29.6 Å². The molecule has 3 heterocycles. The SMILES string of the molecule is COc1ccccc1C(=O)Nc1cnn(-c2ncncc2N2CCCCC2)c1. The van der Waals surface area contributed by atoms with Crippen LogP contribution in [0.25, 0.3) is 5.82 Å². The zero-order valence-electron chi connectivity index (χ0n) is 15.7. The summed E-state index contributed by atoms with van der Waals surface area (Å²) in [6.45, 7) is 1.97. The summed E-state index contributed by atoms with van der Waals surface area (Å²) in [6, 6.07) is 7.10. The van der Waals surface area contributed by atoms with Gasteiger partial charge in [0.05, 0.1) is 37.0 Å². The molecule has 1 fully saturated rings. The highest BCUT2D eigenvalue weighted by atomic mass is 16.5. The van der Waals surface area contributed by atoms with E-state index >= 15 is 0 Å². The average Bonchev–Trinajstić information content (AvgIpc) is 3.22. The Morgan fingerprint density at radius 3 is 2.79 bits per heavy atom. The summed E-state index contributed by atoms with van der Waals surface area (Å²) in [7, 11) is 1.54. The number of benzene rings is 1. The maximum absolute atomic E-state index is 12.6. The number of hydrogen-bond acceptors (Lipinski definition) is 6. The van der Waals surface area contributed by atoms with Crippen LogP contribution < -0.4 is 15.0 Å². The largest absolute Gasteiger partial charge is 0.496 e. The highest BCUT2D eigenvalue weighted by Gasteiger charge is 2.18. The van der Waals surface area contributed by atoms with Crippen molar-refractivity contribution in [2.75, 3.05) is 30.4 Å². The summed E-state index contributed by atoms with van der Waals surface area (Å²) in [5, 5.41) is 7.25. The molecular weight excluding hydrogens is 356 g/mol. The van der Waals surface area contributed by atoms with E-state index in [0.717, 1.165) is 31.6 Å². The number of anilines is 2. The number of ether oxygens (including phenoxy) is 1. The lowest BCUT2D eigenvalue weighted by atomic mass is 10.1. The molecule has 1 aliphatic rings. The predicted octanol–water partition coefficient (Wildman–Crippen LogP) is 2.91. The van der Waals surface area contributed by atoms with E-state index in [2.05, 4.69) is 25.3 Å². The highest BCUT2D eigenvalue weighted by Crippen LogP contribution is 2.25. The molecule has 8 nitrogen and oxygen atoms in total. The highest BCUT2D eigenvalue weighted by molar-refractivity contribution is 6.06. The molecule has 0 aliphatic carbocycles. The Balaban J connectivity index is 1.56. The van der Waals surface area contributed by atoms with Crippen LogP contribution in [-0.2, 0) is 0 Å². The molecule has 4 rings (SSSR count). The van der Waals surface area contributed by atoms with Gasteiger partial charge in [0.2, 0.25) is 0 Å². The van der Waals surface area contributed by atoms with Crippen molar-refractivity contribution in [3.05, 3.63) is 54.7 Å². The molecule has 0 radical (unpaired) electrons. The molecule has 1 amide bonds. The Labute approximate surface area is 163 Å². The number of methoxy groups -OCH3 is 1. The fourth-order valence-corrected chi connectivity index (χ4v) is 3.38. The number of amides is 1. The van der Waals surface area contributed by atoms with Crippen molar-refractivity contribution in [1.29, 1.82) is 0 Å². The normalized spacial score (nSPS) is 14.0. The van der Waals surface area contributed by atoms with Crippen molar-refractivity contribution < 1.29 is 9.53 Å². The number of nitrogens with zero attached hydrogens (tertiary/aromatic N) is 5. The van der Waals surface area contributed by atoms with Crippen molar-refractivity contribution >= 4 is 17.3 Å². The van der Waals surface area contributed by atoms with Gasteiger partial charge in [0.1, 0.15) is 17.8 Å². The summed E-state index contributed by atoms with van der Waals surface area (Å²) in [4.78, 5) is 23.5. The van der Waals surface area contributed by atoms with Crippen LogP contribution in [0.3, 0.4) is 0 Å². The van der Waals surface area contributed by atoms with Crippen LogP contribution in [0.4, 0.5) is 11.4 Å². The third-order valence-electron chi connectivity index (χ3n) is 4.78. The predicted molar refractivity (Wildman–Crippen MR) is 106 cm³/mol. The fourth-order valence-electron chi connectivity index (χ4n) is 3.38. The summed E-state index contributed by atoms with van der Waals surface area (Å²) in [6.07, 6.45) is 10.3. The molecule has 0 spiro atoms.